The maximum Gasteiger partial charge on any atom is 0.306 e. The largest absolute Gasteiger partial charge is 0.486 e. The Morgan fingerprint density at radius 1 is 1.04 bits per heavy atom. The smallest absolute Gasteiger partial charge is 0.306 e. The fourth-order valence-corrected chi connectivity index (χ4v) is 2.67. The molecular weight excluding hydrogens is 363 g/mol. The number of hydrogen-bond acceptors (Lipinski definition) is 5. The van der Waals surface area contributed by atoms with E-state index in [2.05, 4.69) is 0 Å². The zero-order valence-corrected chi connectivity index (χ0v) is 14.6. The van der Waals surface area contributed by atoms with Crippen LogP contribution in [0.3, 0.4) is 0 Å². The molecule has 0 radical (unpaired) electrons. The lowest BCUT2D eigenvalue weighted by molar-refractivity contribution is -0.144. The minimum atomic E-state index is -0.531. The van der Waals surface area contributed by atoms with E-state index >= 15 is 0 Å². The molecule has 1 aliphatic rings. The Bertz CT molecular complexity index is 837. The molecule has 0 saturated heterocycles. The fraction of sp³-hybridized carbons (Fsp3) is 0.263. The van der Waals surface area contributed by atoms with Gasteiger partial charge in [0.05, 0.1) is 11.4 Å². The molecule has 7 heteroatoms. The first-order valence-electron chi connectivity index (χ1n) is 8.05. The molecule has 0 aliphatic carbocycles. The van der Waals surface area contributed by atoms with Gasteiger partial charge in [0.1, 0.15) is 25.6 Å². The van der Waals surface area contributed by atoms with E-state index in [0.717, 1.165) is 6.07 Å². The van der Waals surface area contributed by atoms with Crippen LogP contribution in [0.5, 0.6) is 11.5 Å². The van der Waals surface area contributed by atoms with Gasteiger partial charge in [-0.25, -0.2) is 4.39 Å². The van der Waals surface area contributed by atoms with Crippen molar-refractivity contribution in [3.63, 3.8) is 0 Å². The highest BCUT2D eigenvalue weighted by Crippen LogP contribution is 2.31. The van der Waals surface area contributed by atoms with E-state index in [4.69, 9.17) is 25.8 Å². The normalized spacial score (nSPS) is 12.5. The Hall–Kier alpha value is -2.60. The maximum atomic E-state index is 13.0. The zero-order valence-electron chi connectivity index (χ0n) is 13.8. The van der Waals surface area contributed by atoms with Gasteiger partial charge < -0.3 is 14.2 Å². The van der Waals surface area contributed by atoms with Gasteiger partial charge in [-0.2, -0.15) is 0 Å². The first kappa shape index (κ1) is 18.2. The minimum Gasteiger partial charge on any atom is -0.486 e. The van der Waals surface area contributed by atoms with Crippen LogP contribution in [0.4, 0.5) is 4.39 Å². The summed E-state index contributed by atoms with van der Waals surface area (Å²) in [7, 11) is 0. The van der Waals surface area contributed by atoms with Crippen LogP contribution < -0.4 is 9.47 Å². The monoisotopic (exact) mass is 378 g/mol. The molecule has 1 aliphatic heterocycles. The molecule has 0 aromatic heterocycles. The standard InChI is InChI=1S/C19H16ClFO5/c20-15-10-14(21)3-1-13(15)11-26-19(23)6-4-16(22)12-2-5-17-18(9-12)25-8-7-24-17/h1-3,5,9-10H,4,6-8,11H2. The van der Waals surface area contributed by atoms with Crippen LogP contribution in [-0.4, -0.2) is 25.0 Å². The molecule has 0 N–H and O–H groups in total. The van der Waals surface area contributed by atoms with Crippen molar-refractivity contribution in [3.05, 3.63) is 58.4 Å². The van der Waals surface area contributed by atoms with Crippen LogP contribution in [0.25, 0.3) is 0 Å². The van der Waals surface area contributed by atoms with Crippen LogP contribution in [0, 0.1) is 5.82 Å². The second-order valence-electron chi connectivity index (χ2n) is 5.68. The molecular formula is C19H16ClFO5. The Morgan fingerprint density at radius 3 is 2.58 bits per heavy atom. The average Bonchev–Trinajstić information content (AvgIpc) is 2.65. The number of carbonyl (C=O) groups excluding carboxylic acids is 2. The van der Waals surface area contributed by atoms with Gasteiger partial charge in [0.15, 0.2) is 17.3 Å². The summed E-state index contributed by atoms with van der Waals surface area (Å²) >= 11 is 5.87. The summed E-state index contributed by atoms with van der Waals surface area (Å²) < 4.78 is 28.9. The van der Waals surface area contributed by atoms with E-state index < -0.39 is 11.8 Å². The molecule has 0 saturated carbocycles. The van der Waals surface area contributed by atoms with Gasteiger partial charge in [-0.15, -0.1) is 0 Å². The quantitative estimate of drug-likeness (QED) is 0.562. The fourth-order valence-electron chi connectivity index (χ4n) is 2.45. The zero-order chi connectivity index (χ0) is 18.5. The second-order valence-corrected chi connectivity index (χ2v) is 6.09. The van der Waals surface area contributed by atoms with E-state index in [1.165, 1.54) is 12.1 Å². The average molecular weight is 379 g/mol. The third-order valence-electron chi connectivity index (χ3n) is 3.82. The van der Waals surface area contributed by atoms with E-state index in [1.54, 1.807) is 18.2 Å². The van der Waals surface area contributed by atoms with Crippen molar-refractivity contribution in [2.24, 2.45) is 0 Å². The molecule has 2 aromatic rings. The molecule has 0 amide bonds. The number of carbonyl (C=O) groups is 2. The van der Waals surface area contributed by atoms with Crippen molar-refractivity contribution in [2.45, 2.75) is 19.4 Å². The van der Waals surface area contributed by atoms with Gasteiger partial charge >= 0.3 is 5.97 Å². The number of hydrogen-bond donors (Lipinski definition) is 0. The van der Waals surface area contributed by atoms with Crippen molar-refractivity contribution in [3.8, 4) is 11.5 Å². The van der Waals surface area contributed by atoms with Crippen LogP contribution >= 0.6 is 11.6 Å². The predicted molar refractivity (Wildman–Crippen MR) is 92.2 cm³/mol. The molecule has 0 unspecified atom stereocenters. The lowest BCUT2D eigenvalue weighted by atomic mass is 10.1. The third kappa shape index (κ3) is 4.52. The number of benzene rings is 2. The summed E-state index contributed by atoms with van der Waals surface area (Å²) in [5, 5.41) is 0.185. The predicted octanol–water partition coefficient (Wildman–Crippen LogP) is 3.96. The third-order valence-corrected chi connectivity index (χ3v) is 4.18. The summed E-state index contributed by atoms with van der Waals surface area (Å²) in [5.74, 6) is -0.0656. The van der Waals surface area contributed by atoms with E-state index in [9.17, 15) is 14.0 Å². The number of ketones is 1. The second kappa shape index (κ2) is 8.19. The van der Waals surface area contributed by atoms with Crippen LogP contribution in [0.15, 0.2) is 36.4 Å². The minimum absolute atomic E-state index is 0.00955. The van der Waals surface area contributed by atoms with Gasteiger partial charge in [-0.1, -0.05) is 17.7 Å². The summed E-state index contributed by atoms with van der Waals surface area (Å²) in [5.41, 5.74) is 0.947. The van der Waals surface area contributed by atoms with Crippen LogP contribution in [0.1, 0.15) is 28.8 Å². The molecule has 26 heavy (non-hydrogen) atoms. The first-order chi connectivity index (χ1) is 12.5. The van der Waals surface area contributed by atoms with E-state index in [1.807, 2.05) is 0 Å². The lowest BCUT2D eigenvalue weighted by Crippen LogP contribution is -2.16. The highest BCUT2D eigenvalue weighted by atomic mass is 35.5. The first-order valence-corrected chi connectivity index (χ1v) is 8.43. The van der Waals surface area contributed by atoms with Crippen molar-refractivity contribution < 1.29 is 28.2 Å². The molecule has 5 nitrogen and oxygen atoms in total. The topological polar surface area (TPSA) is 61.8 Å². The van der Waals surface area contributed by atoms with Gasteiger partial charge in [-0.05, 0) is 30.3 Å². The molecule has 0 fully saturated rings. The van der Waals surface area contributed by atoms with Crippen molar-refractivity contribution in [1.82, 2.24) is 0 Å². The summed E-state index contributed by atoms with van der Waals surface area (Å²) in [6.07, 6.45) is -0.0539. The lowest BCUT2D eigenvalue weighted by Gasteiger charge is -2.18. The highest BCUT2D eigenvalue weighted by molar-refractivity contribution is 6.31. The van der Waals surface area contributed by atoms with Gasteiger partial charge in [0.2, 0.25) is 0 Å². The number of ether oxygens (including phenoxy) is 3. The van der Waals surface area contributed by atoms with Crippen molar-refractivity contribution in [1.29, 1.82) is 0 Å². The molecule has 1 heterocycles. The number of fused-ring (bicyclic) bond motifs is 1. The Labute approximate surface area is 154 Å². The Kier molecular flexibility index (Phi) is 5.73. The molecule has 2 aromatic carbocycles. The van der Waals surface area contributed by atoms with Gasteiger partial charge in [-0.3, -0.25) is 9.59 Å². The Balaban J connectivity index is 1.50. The summed E-state index contributed by atoms with van der Waals surface area (Å²) in [6, 6.07) is 8.76. The van der Waals surface area contributed by atoms with E-state index in [-0.39, 0.29) is 30.3 Å². The summed E-state index contributed by atoms with van der Waals surface area (Å²) in [4.78, 5) is 24.1. The molecule has 0 bridgehead atoms. The SMILES string of the molecule is O=C(CCC(=O)c1ccc2c(c1)OCCO2)OCc1ccc(F)cc1Cl. The molecule has 0 spiro atoms. The Morgan fingerprint density at radius 2 is 1.81 bits per heavy atom. The van der Waals surface area contributed by atoms with Crippen LogP contribution in [0.2, 0.25) is 5.02 Å². The summed E-state index contributed by atoms with van der Waals surface area (Å²) in [6.45, 7) is 0.837. The number of halogens is 2. The molecule has 136 valence electrons. The molecule has 3 rings (SSSR count). The maximum absolute atomic E-state index is 13.0. The number of Topliss-reactive ketones (excluding diaryl/α,β-unsaturated/α-hetero) is 1. The van der Waals surface area contributed by atoms with Crippen molar-refractivity contribution >= 4 is 23.4 Å². The number of esters is 1. The highest BCUT2D eigenvalue weighted by Gasteiger charge is 2.16. The van der Waals surface area contributed by atoms with Crippen molar-refractivity contribution in [2.75, 3.05) is 13.2 Å². The van der Waals surface area contributed by atoms with Gasteiger partial charge in [0.25, 0.3) is 0 Å². The van der Waals surface area contributed by atoms with E-state index in [0.29, 0.717) is 35.8 Å². The van der Waals surface area contributed by atoms with Crippen LogP contribution in [-0.2, 0) is 16.1 Å². The number of rotatable bonds is 6. The van der Waals surface area contributed by atoms with Gasteiger partial charge in [0, 0.05) is 17.5 Å². The molecule has 0 atom stereocenters.